The van der Waals surface area contributed by atoms with E-state index in [0.717, 1.165) is 17.2 Å². The topological polar surface area (TPSA) is 118 Å². The summed E-state index contributed by atoms with van der Waals surface area (Å²) in [4.78, 5) is 29.8. The first kappa shape index (κ1) is 16.2. The van der Waals surface area contributed by atoms with E-state index in [4.69, 9.17) is 10.8 Å². The smallest absolute Gasteiger partial charge is 0.328 e. The van der Waals surface area contributed by atoms with Crippen molar-refractivity contribution in [1.29, 1.82) is 0 Å². The van der Waals surface area contributed by atoms with Crippen LogP contribution in [0, 0.1) is 0 Å². The monoisotopic (exact) mass is 312 g/mol. The molecule has 0 saturated heterocycles. The van der Waals surface area contributed by atoms with Gasteiger partial charge in [0.1, 0.15) is 5.82 Å². The average molecular weight is 312 g/mol. The molecule has 1 aromatic carbocycles. The van der Waals surface area contributed by atoms with Crippen LogP contribution in [0.4, 0.5) is 5.82 Å². The Bertz CT molecular complexity index is 744. The van der Waals surface area contributed by atoms with Crippen molar-refractivity contribution in [3.63, 3.8) is 0 Å². The number of amides is 1. The van der Waals surface area contributed by atoms with Gasteiger partial charge in [0, 0.05) is 24.6 Å². The average Bonchev–Trinajstić information content (AvgIpc) is 2.53. The van der Waals surface area contributed by atoms with Gasteiger partial charge in [0.15, 0.2) is 0 Å². The number of anilines is 1. The minimum Gasteiger partial charge on any atom is -0.478 e. The molecule has 2 rings (SSSR count). The SMILES string of the molecule is NC(=O)CCNc1cncc(-c2cccc(C=CC(=O)O)c2)n1. The molecule has 7 heteroatoms. The largest absolute Gasteiger partial charge is 0.478 e. The van der Waals surface area contributed by atoms with Gasteiger partial charge in [-0.2, -0.15) is 0 Å². The van der Waals surface area contributed by atoms with Gasteiger partial charge in [-0.3, -0.25) is 9.78 Å². The lowest BCUT2D eigenvalue weighted by atomic mass is 10.1. The maximum atomic E-state index is 10.7. The molecule has 2 aromatic rings. The summed E-state index contributed by atoms with van der Waals surface area (Å²) < 4.78 is 0. The third kappa shape index (κ3) is 5.24. The Kier molecular flexibility index (Phi) is 5.40. The third-order valence-corrected chi connectivity index (χ3v) is 2.91. The van der Waals surface area contributed by atoms with Gasteiger partial charge in [-0.1, -0.05) is 18.2 Å². The van der Waals surface area contributed by atoms with Crippen molar-refractivity contribution in [2.24, 2.45) is 5.73 Å². The van der Waals surface area contributed by atoms with Crippen LogP contribution < -0.4 is 11.1 Å². The Labute approximate surface area is 132 Å². The van der Waals surface area contributed by atoms with Crippen LogP contribution in [0.2, 0.25) is 0 Å². The van der Waals surface area contributed by atoms with E-state index in [1.165, 1.54) is 6.08 Å². The van der Waals surface area contributed by atoms with Crippen molar-refractivity contribution in [2.75, 3.05) is 11.9 Å². The third-order valence-electron chi connectivity index (χ3n) is 2.91. The highest BCUT2D eigenvalue weighted by Gasteiger charge is 2.03. The van der Waals surface area contributed by atoms with Crippen molar-refractivity contribution < 1.29 is 14.7 Å². The van der Waals surface area contributed by atoms with Gasteiger partial charge in [-0.25, -0.2) is 9.78 Å². The van der Waals surface area contributed by atoms with Crippen LogP contribution in [0.5, 0.6) is 0 Å². The van der Waals surface area contributed by atoms with Gasteiger partial charge in [0.25, 0.3) is 0 Å². The van der Waals surface area contributed by atoms with E-state index < -0.39 is 5.97 Å². The van der Waals surface area contributed by atoms with Crippen molar-refractivity contribution >= 4 is 23.8 Å². The first-order valence-electron chi connectivity index (χ1n) is 6.90. The molecular weight excluding hydrogens is 296 g/mol. The van der Waals surface area contributed by atoms with Crippen LogP contribution in [-0.2, 0) is 9.59 Å². The number of benzene rings is 1. The number of nitrogens with zero attached hydrogens (tertiary/aromatic N) is 2. The maximum Gasteiger partial charge on any atom is 0.328 e. The van der Waals surface area contributed by atoms with Gasteiger partial charge >= 0.3 is 5.97 Å². The number of hydrogen-bond acceptors (Lipinski definition) is 5. The summed E-state index contributed by atoms with van der Waals surface area (Å²) in [7, 11) is 0. The second kappa shape index (κ2) is 7.69. The molecule has 118 valence electrons. The summed E-state index contributed by atoms with van der Waals surface area (Å²) in [5.41, 5.74) is 7.28. The van der Waals surface area contributed by atoms with Gasteiger partial charge in [-0.15, -0.1) is 0 Å². The van der Waals surface area contributed by atoms with Crippen molar-refractivity contribution in [3.05, 3.63) is 48.3 Å². The number of nitrogens with one attached hydrogen (secondary N) is 1. The predicted octanol–water partition coefficient (Wildman–Crippen LogP) is 1.53. The highest BCUT2D eigenvalue weighted by Crippen LogP contribution is 2.19. The van der Waals surface area contributed by atoms with Crippen molar-refractivity contribution in [3.8, 4) is 11.3 Å². The van der Waals surface area contributed by atoms with Crippen LogP contribution in [-0.4, -0.2) is 33.5 Å². The van der Waals surface area contributed by atoms with Crippen LogP contribution >= 0.6 is 0 Å². The van der Waals surface area contributed by atoms with Gasteiger partial charge in [0.2, 0.25) is 5.91 Å². The number of primary amides is 1. The fourth-order valence-electron chi connectivity index (χ4n) is 1.87. The van der Waals surface area contributed by atoms with Crippen molar-refractivity contribution in [1.82, 2.24) is 9.97 Å². The minimum absolute atomic E-state index is 0.210. The molecule has 1 aromatic heterocycles. The van der Waals surface area contributed by atoms with E-state index in [9.17, 15) is 9.59 Å². The van der Waals surface area contributed by atoms with E-state index >= 15 is 0 Å². The predicted molar refractivity (Wildman–Crippen MR) is 86.4 cm³/mol. The highest BCUT2D eigenvalue weighted by molar-refractivity contribution is 5.85. The number of carbonyl (C=O) groups is 2. The van der Waals surface area contributed by atoms with Crippen molar-refractivity contribution in [2.45, 2.75) is 6.42 Å². The Morgan fingerprint density at radius 2 is 2.13 bits per heavy atom. The molecule has 4 N–H and O–H groups in total. The lowest BCUT2D eigenvalue weighted by Crippen LogP contribution is -2.16. The number of carbonyl (C=O) groups excluding carboxylic acids is 1. The summed E-state index contributed by atoms with van der Waals surface area (Å²) in [6.45, 7) is 0.384. The zero-order valence-electron chi connectivity index (χ0n) is 12.3. The van der Waals surface area contributed by atoms with Gasteiger partial charge in [0.05, 0.1) is 18.1 Å². The second-order valence-electron chi connectivity index (χ2n) is 4.73. The number of carboxylic acid groups (broad SMARTS) is 1. The molecule has 1 heterocycles. The Morgan fingerprint density at radius 1 is 1.30 bits per heavy atom. The number of hydrogen-bond donors (Lipinski definition) is 3. The Hall–Kier alpha value is -3.22. The molecule has 0 atom stereocenters. The maximum absolute atomic E-state index is 10.7. The molecule has 1 amide bonds. The molecule has 0 bridgehead atoms. The van der Waals surface area contributed by atoms with Crippen LogP contribution in [0.25, 0.3) is 17.3 Å². The number of nitrogens with two attached hydrogens (primary N) is 1. The summed E-state index contributed by atoms with van der Waals surface area (Å²) in [6, 6.07) is 7.28. The summed E-state index contributed by atoms with van der Waals surface area (Å²) in [5.74, 6) is -0.856. The highest BCUT2D eigenvalue weighted by atomic mass is 16.4. The fraction of sp³-hybridized carbons (Fsp3) is 0.125. The number of aliphatic carboxylic acids is 1. The molecule has 0 spiro atoms. The van der Waals surface area contributed by atoms with E-state index in [0.29, 0.717) is 18.1 Å². The van der Waals surface area contributed by atoms with E-state index in [-0.39, 0.29) is 12.3 Å². The fourth-order valence-corrected chi connectivity index (χ4v) is 1.87. The second-order valence-corrected chi connectivity index (χ2v) is 4.73. The molecule has 0 aliphatic rings. The number of aromatic nitrogens is 2. The summed E-state index contributed by atoms with van der Waals surface area (Å²) >= 11 is 0. The first-order chi connectivity index (χ1) is 11.0. The van der Waals surface area contributed by atoms with Gasteiger partial charge in [-0.05, 0) is 17.7 Å². The molecule has 7 nitrogen and oxygen atoms in total. The van der Waals surface area contributed by atoms with Crippen LogP contribution in [0.15, 0.2) is 42.7 Å². The van der Waals surface area contributed by atoms with E-state index in [2.05, 4.69) is 15.3 Å². The molecule has 0 fully saturated rings. The Balaban J connectivity index is 2.16. The molecule has 0 saturated carbocycles. The Morgan fingerprint density at radius 3 is 2.87 bits per heavy atom. The number of rotatable bonds is 7. The lowest BCUT2D eigenvalue weighted by molar-refractivity contribution is -0.131. The standard InChI is InChI=1S/C16H16N4O3/c17-14(21)6-7-19-15-10-18-9-13(20-15)12-3-1-2-11(8-12)4-5-16(22)23/h1-5,8-10H,6-7H2,(H2,17,21)(H,19,20)(H,22,23). The summed E-state index contributed by atoms with van der Waals surface area (Å²) in [5, 5.41) is 11.6. The first-order valence-corrected chi connectivity index (χ1v) is 6.90. The molecule has 0 unspecified atom stereocenters. The molecule has 0 aliphatic heterocycles. The van der Waals surface area contributed by atoms with Crippen LogP contribution in [0.3, 0.4) is 0 Å². The zero-order valence-corrected chi connectivity index (χ0v) is 12.3. The molecule has 23 heavy (non-hydrogen) atoms. The quantitative estimate of drug-likeness (QED) is 0.667. The van der Waals surface area contributed by atoms with Crippen LogP contribution in [0.1, 0.15) is 12.0 Å². The summed E-state index contributed by atoms with van der Waals surface area (Å²) in [6.07, 6.45) is 5.96. The molecule has 0 radical (unpaired) electrons. The number of carboxylic acids is 1. The molecule has 0 aliphatic carbocycles. The lowest BCUT2D eigenvalue weighted by Gasteiger charge is -2.06. The zero-order chi connectivity index (χ0) is 16.7. The minimum atomic E-state index is -1.00. The van der Waals surface area contributed by atoms with E-state index in [1.54, 1.807) is 18.5 Å². The van der Waals surface area contributed by atoms with Gasteiger partial charge < -0.3 is 16.2 Å². The normalized spacial score (nSPS) is 10.6. The molecular formula is C16H16N4O3. The van der Waals surface area contributed by atoms with E-state index in [1.807, 2.05) is 18.2 Å².